The van der Waals surface area contributed by atoms with Crippen molar-refractivity contribution in [2.75, 3.05) is 0 Å². The first-order valence-corrected chi connectivity index (χ1v) is 7.56. The molecule has 0 saturated heterocycles. The van der Waals surface area contributed by atoms with E-state index in [1.165, 1.54) is 0 Å². The third kappa shape index (κ3) is 4.45. The van der Waals surface area contributed by atoms with E-state index in [0.29, 0.717) is 0 Å². The first-order chi connectivity index (χ1) is 9.89. The highest BCUT2D eigenvalue weighted by Crippen LogP contribution is 2.54. The van der Waals surface area contributed by atoms with E-state index in [1.54, 1.807) is 11.3 Å². The fourth-order valence-electron chi connectivity index (χ4n) is 0.793. The molecule has 0 amide bonds. The predicted octanol–water partition coefficient (Wildman–Crippen LogP) is 4.34. The van der Waals surface area contributed by atoms with Gasteiger partial charge in [-0.25, -0.2) is 0 Å². The summed E-state index contributed by atoms with van der Waals surface area (Å²) in [5.74, 6) is -14.7. The molecule has 0 aliphatic carbocycles. The van der Waals surface area contributed by atoms with Gasteiger partial charge in [0.15, 0.2) is 0 Å². The van der Waals surface area contributed by atoms with Crippen LogP contribution < -0.4 is 0 Å². The normalized spacial score (nSPS) is 14.2. The second kappa shape index (κ2) is 6.68. The van der Waals surface area contributed by atoms with E-state index < -0.39 is 33.4 Å². The molecule has 136 valence electrons. The lowest BCUT2D eigenvalue weighted by molar-refractivity contribution is -0.382. The third-order valence-electron chi connectivity index (χ3n) is 1.95. The lowest BCUT2D eigenvalue weighted by Gasteiger charge is -2.31. The van der Waals surface area contributed by atoms with Crippen molar-refractivity contribution >= 4 is 34.1 Å². The Kier molecular flexibility index (Phi) is 6.48. The van der Waals surface area contributed by atoms with Crippen LogP contribution >= 0.6 is 24.0 Å². The molecule has 0 aromatic carbocycles. The van der Waals surface area contributed by atoms with Crippen LogP contribution in [0.3, 0.4) is 0 Å². The number of hydrogen-bond acceptors (Lipinski definition) is 4. The van der Waals surface area contributed by atoms with E-state index in [1.807, 2.05) is 17.5 Å². The summed E-state index contributed by atoms with van der Waals surface area (Å²) in [4.78, 5) is 0. The first-order valence-electron chi connectivity index (χ1n) is 4.79. The van der Waals surface area contributed by atoms with Gasteiger partial charge in [0.2, 0.25) is 0 Å². The Balaban J connectivity index is 0.000000664. The lowest BCUT2D eigenvalue weighted by Crippen LogP contribution is -2.63. The van der Waals surface area contributed by atoms with Gasteiger partial charge < -0.3 is 0 Å². The van der Waals surface area contributed by atoms with Crippen molar-refractivity contribution in [3.63, 3.8) is 0 Å². The monoisotopic (exact) mass is 416 g/mol. The predicted molar refractivity (Wildman–Crippen MR) is 64.0 cm³/mol. The van der Waals surface area contributed by atoms with Gasteiger partial charge >= 0.3 is 33.4 Å². The minimum absolute atomic E-state index is 1.08. The standard InChI is InChI=1S/C4HF9O3S.C4H4S2/c5-1(6,3(9,10)11)2(7,8)4(12,13)17(14,15)16;5-4-2-1-3-6-4/h(H,14,15,16);1-3,5H. The van der Waals surface area contributed by atoms with Crippen LogP contribution in [-0.4, -0.2) is 36.2 Å². The van der Waals surface area contributed by atoms with Crippen molar-refractivity contribution in [1.29, 1.82) is 0 Å². The highest BCUT2D eigenvalue weighted by atomic mass is 32.2. The molecule has 0 saturated carbocycles. The maximum Gasteiger partial charge on any atom is 0.460 e. The van der Waals surface area contributed by atoms with E-state index in [2.05, 4.69) is 12.6 Å². The summed E-state index contributed by atoms with van der Waals surface area (Å²) in [6, 6.07) is 3.95. The van der Waals surface area contributed by atoms with Gasteiger partial charge in [0.1, 0.15) is 0 Å². The molecule has 0 fully saturated rings. The first kappa shape index (κ1) is 22.3. The molecule has 1 heterocycles. The number of hydrogen-bond donors (Lipinski definition) is 2. The average Bonchev–Trinajstić information content (AvgIpc) is 2.77. The minimum atomic E-state index is -7.37. The zero-order valence-corrected chi connectivity index (χ0v) is 12.7. The Morgan fingerprint density at radius 3 is 1.57 bits per heavy atom. The Morgan fingerprint density at radius 2 is 1.39 bits per heavy atom. The summed E-state index contributed by atoms with van der Waals surface area (Å²) in [6.45, 7) is 0. The van der Waals surface area contributed by atoms with Crippen molar-refractivity contribution in [2.45, 2.75) is 27.5 Å². The van der Waals surface area contributed by atoms with Gasteiger partial charge in [-0.2, -0.15) is 47.9 Å². The molecular weight excluding hydrogens is 411 g/mol. The van der Waals surface area contributed by atoms with Gasteiger partial charge in [-0.1, -0.05) is 6.07 Å². The number of alkyl halides is 9. The number of halogens is 9. The molecule has 1 rings (SSSR count). The summed E-state index contributed by atoms with van der Waals surface area (Å²) in [6.07, 6.45) is -7.13. The van der Waals surface area contributed by atoms with Crippen molar-refractivity contribution in [2.24, 2.45) is 0 Å². The molecule has 0 aliphatic rings. The number of thiophene rings is 1. The van der Waals surface area contributed by atoms with Crippen LogP contribution in [0.4, 0.5) is 39.5 Å². The Hall–Kier alpha value is -0.670. The van der Waals surface area contributed by atoms with Crippen molar-refractivity contribution in [1.82, 2.24) is 0 Å². The molecule has 0 radical (unpaired) electrons. The molecule has 0 spiro atoms. The highest BCUT2D eigenvalue weighted by molar-refractivity contribution is 7.87. The molecule has 1 aromatic rings. The summed E-state index contributed by atoms with van der Waals surface area (Å²) < 4.78 is 135. The summed E-state index contributed by atoms with van der Waals surface area (Å²) in [5.41, 5.74) is 0. The average molecular weight is 416 g/mol. The Bertz CT molecular complexity index is 606. The van der Waals surface area contributed by atoms with Crippen LogP contribution in [0.25, 0.3) is 0 Å². The molecule has 1 aromatic heterocycles. The van der Waals surface area contributed by atoms with E-state index >= 15 is 0 Å². The maximum absolute atomic E-state index is 12.2. The topological polar surface area (TPSA) is 54.4 Å². The fraction of sp³-hybridized carbons (Fsp3) is 0.500. The molecule has 0 atom stereocenters. The van der Waals surface area contributed by atoms with Gasteiger partial charge in [-0.3, -0.25) is 4.55 Å². The van der Waals surface area contributed by atoms with Gasteiger partial charge in [0.25, 0.3) is 0 Å². The molecular formula is C8H5F9O3S3. The zero-order valence-electron chi connectivity index (χ0n) is 10.2. The molecule has 1 N–H and O–H groups in total. The summed E-state index contributed by atoms with van der Waals surface area (Å²) in [7, 11) is -7.17. The molecule has 23 heavy (non-hydrogen) atoms. The second-order valence-corrected chi connectivity index (χ2v) is 6.78. The van der Waals surface area contributed by atoms with Crippen molar-refractivity contribution in [3.05, 3.63) is 17.5 Å². The highest BCUT2D eigenvalue weighted by Gasteiger charge is 2.85. The van der Waals surface area contributed by atoms with E-state index in [4.69, 9.17) is 4.55 Å². The smallest absolute Gasteiger partial charge is 0.281 e. The maximum atomic E-state index is 12.2. The zero-order chi connectivity index (χ0) is 18.9. The third-order valence-corrected chi connectivity index (χ3v) is 3.99. The molecule has 3 nitrogen and oxygen atoms in total. The molecule has 0 aliphatic heterocycles. The number of rotatable bonds is 3. The van der Waals surface area contributed by atoms with Crippen molar-refractivity contribution < 1.29 is 52.5 Å². The van der Waals surface area contributed by atoms with Gasteiger partial charge in [0.05, 0.1) is 4.21 Å². The van der Waals surface area contributed by atoms with Crippen LogP contribution in [0, 0.1) is 0 Å². The van der Waals surface area contributed by atoms with Gasteiger partial charge in [-0.15, -0.1) is 24.0 Å². The van der Waals surface area contributed by atoms with Gasteiger partial charge in [-0.05, 0) is 11.4 Å². The molecule has 0 unspecified atom stereocenters. The number of thiol groups is 1. The van der Waals surface area contributed by atoms with Crippen molar-refractivity contribution in [3.8, 4) is 0 Å². The minimum Gasteiger partial charge on any atom is -0.281 e. The van der Waals surface area contributed by atoms with E-state index in [9.17, 15) is 47.9 Å². The largest absolute Gasteiger partial charge is 0.460 e. The second-order valence-electron chi connectivity index (χ2n) is 3.59. The summed E-state index contributed by atoms with van der Waals surface area (Å²) in [5, 5.41) is -5.00. The Labute approximate surface area is 132 Å². The van der Waals surface area contributed by atoms with Crippen LogP contribution in [-0.2, 0) is 10.1 Å². The molecule has 0 bridgehead atoms. The van der Waals surface area contributed by atoms with Crippen LogP contribution in [0.5, 0.6) is 0 Å². The fourth-order valence-corrected chi connectivity index (χ4v) is 1.97. The van der Waals surface area contributed by atoms with E-state index in [-0.39, 0.29) is 0 Å². The van der Waals surface area contributed by atoms with Crippen LogP contribution in [0.15, 0.2) is 21.7 Å². The van der Waals surface area contributed by atoms with Gasteiger partial charge in [0, 0.05) is 0 Å². The quantitative estimate of drug-likeness (QED) is 0.438. The SMILES string of the molecule is O=S(=O)(O)C(F)(F)C(F)(F)C(F)(F)C(F)(F)F.Sc1cccs1. The molecule has 15 heteroatoms. The summed E-state index contributed by atoms with van der Waals surface area (Å²) >= 11 is 5.70. The van der Waals surface area contributed by atoms with Crippen LogP contribution in [0.1, 0.15) is 0 Å². The van der Waals surface area contributed by atoms with E-state index in [0.717, 1.165) is 4.21 Å². The Morgan fingerprint density at radius 1 is 0.957 bits per heavy atom. The van der Waals surface area contributed by atoms with Crippen LogP contribution in [0.2, 0.25) is 0 Å². The lowest BCUT2D eigenvalue weighted by atomic mass is 10.1.